The molecule has 0 spiro atoms. The first-order valence-corrected chi connectivity index (χ1v) is 11.7. The van der Waals surface area contributed by atoms with E-state index in [1.165, 1.54) is 38.5 Å². The zero-order valence-corrected chi connectivity index (χ0v) is 14.4. The predicted molar refractivity (Wildman–Crippen MR) is 87.2 cm³/mol. The normalized spacial score (nSPS) is 21.8. The predicted octanol–water partition coefficient (Wildman–Crippen LogP) is 5.52. The van der Waals surface area contributed by atoms with Crippen LogP contribution in [0.4, 0.5) is 0 Å². The van der Waals surface area contributed by atoms with Crippen molar-refractivity contribution >= 4 is 13.9 Å². The Bertz CT molecular complexity index is 312. The molecule has 0 aliphatic heterocycles. The second-order valence-corrected chi connectivity index (χ2v) is 12.2. The summed E-state index contributed by atoms with van der Waals surface area (Å²) in [7, 11) is -1.17. The monoisotopic (exact) mass is 280 g/mol. The summed E-state index contributed by atoms with van der Waals surface area (Å²) in [6, 6.07) is 0. The summed E-state index contributed by atoms with van der Waals surface area (Å²) in [6.45, 7) is 9.48. The zero-order valence-electron chi connectivity index (χ0n) is 13.4. The molecule has 0 heterocycles. The quantitative estimate of drug-likeness (QED) is 0.443. The first-order chi connectivity index (χ1) is 8.92. The molecule has 0 radical (unpaired) electrons. The highest BCUT2D eigenvalue weighted by molar-refractivity contribution is 6.81. The molecular weight excluding hydrogens is 248 g/mol. The molecule has 1 nitrogen and oxygen atoms in total. The van der Waals surface area contributed by atoms with Crippen molar-refractivity contribution in [3.63, 3.8) is 0 Å². The summed E-state index contributed by atoms with van der Waals surface area (Å²) >= 11 is 0. The number of carbonyl (C=O) groups is 1. The van der Waals surface area contributed by atoms with Crippen LogP contribution < -0.4 is 0 Å². The van der Waals surface area contributed by atoms with Gasteiger partial charge in [0.05, 0.1) is 8.07 Å². The molecule has 0 saturated heterocycles. The molecule has 0 aromatic rings. The van der Waals surface area contributed by atoms with Gasteiger partial charge in [-0.2, -0.15) is 0 Å². The van der Waals surface area contributed by atoms with Crippen molar-refractivity contribution < 1.29 is 4.79 Å². The van der Waals surface area contributed by atoms with E-state index in [2.05, 4.69) is 32.3 Å². The van der Waals surface area contributed by atoms with Crippen LogP contribution in [0, 0.1) is 5.92 Å². The first-order valence-electron chi connectivity index (χ1n) is 8.15. The van der Waals surface area contributed by atoms with E-state index in [-0.39, 0.29) is 0 Å². The molecule has 1 fully saturated rings. The first kappa shape index (κ1) is 16.7. The van der Waals surface area contributed by atoms with Crippen molar-refractivity contribution in [3.8, 4) is 0 Å². The van der Waals surface area contributed by atoms with Gasteiger partial charge >= 0.3 is 0 Å². The minimum atomic E-state index is -1.17. The number of carbonyl (C=O) groups excluding carboxylic acids is 1. The fourth-order valence-electron chi connectivity index (χ4n) is 3.05. The Kier molecular flexibility index (Phi) is 7.05. The topological polar surface area (TPSA) is 17.1 Å². The third-order valence-corrected chi connectivity index (χ3v) is 5.18. The van der Waals surface area contributed by atoms with E-state index in [9.17, 15) is 4.79 Å². The molecule has 0 N–H and O–H groups in total. The Hall–Kier alpha value is -0.373. The Morgan fingerprint density at radius 3 is 2.58 bits per heavy atom. The van der Waals surface area contributed by atoms with Gasteiger partial charge in [0, 0.05) is 12.8 Å². The lowest BCUT2D eigenvalue weighted by atomic mass is 9.82. The molecule has 0 amide bonds. The highest BCUT2D eigenvalue weighted by atomic mass is 28.3. The van der Waals surface area contributed by atoms with Crippen LogP contribution in [-0.4, -0.2) is 13.9 Å². The van der Waals surface area contributed by atoms with Gasteiger partial charge in [-0.3, -0.25) is 4.79 Å². The number of allylic oxidation sites excluding steroid dienone is 1. The van der Waals surface area contributed by atoms with Gasteiger partial charge in [-0.15, -0.1) is 0 Å². The van der Waals surface area contributed by atoms with Crippen molar-refractivity contribution in [2.24, 2.45) is 5.92 Å². The van der Waals surface area contributed by atoms with E-state index in [1.807, 2.05) is 0 Å². The summed E-state index contributed by atoms with van der Waals surface area (Å²) in [5, 5.41) is 0. The highest BCUT2D eigenvalue weighted by Crippen LogP contribution is 2.32. The van der Waals surface area contributed by atoms with E-state index in [1.54, 1.807) is 5.57 Å². The number of hydrogen-bond acceptors (Lipinski definition) is 1. The molecule has 1 rings (SSSR count). The maximum Gasteiger partial charge on any atom is 0.133 e. The average molecular weight is 281 g/mol. The average Bonchev–Trinajstić information content (AvgIpc) is 2.32. The number of ketones is 1. The fourth-order valence-corrected chi connectivity index (χ4v) is 4.54. The highest BCUT2D eigenvalue weighted by Gasteiger charge is 2.24. The summed E-state index contributed by atoms with van der Waals surface area (Å²) in [5.41, 5.74) is 4.21. The second-order valence-electron chi connectivity index (χ2n) is 7.23. The SMILES string of the molecule is CCCCCC/C(=C/[Si](C)(C)C)C1CCCC(=O)C1. The van der Waals surface area contributed by atoms with E-state index in [0.717, 1.165) is 19.3 Å². The number of hydrogen-bond donors (Lipinski definition) is 0. The van der Waals surface area contributed by atoms with E-state index in [0.29, 0.717) is 11.7 Å². The molecule has 1 aliphatic carbocycles. The van der Waals surface area contributed by atoms with Crippen LogP contribution in [0.5, 0.6) is 0 Å². The van der Waals surface area contributed by atoms with E-state index < -0.39 is 8.07 Å². The van der Waals surface area contributed by atoms with E-state index >= 15 is 0 Å². The van der Waals surface area contributed by atoms with Crippen molar-refractivity contribution in [1.82, 2.24) is 0 Å². The van der Waals surface area contributed by atoms with Gasteiger partial charge in [0.15, 0.2) is 0 Å². The molecule has 0 aromatic heterocycles. The minimum Gasteiger partial charge on any atom is -0.300 e. The summed E-state index contributed by atoms with van der Waals surface area (Å²) in [4.78, 5) is 11.7. The smallest absolute Gasteiger partial charge is 0.133 e. The molecule has 2 heteroatoms. The van der Waals surface area contributed by atoms with Crippen LogP contribution in [0.15, 0.2) is 11.3 Å². The van der Waals surface area contributed by atoms with Gasteiger partial charge in [0.1, 0.15) is 5.78 Å². The van der Waals surface area contributed by atoms with Gasteiger partial charge in [-0.1, -0.05) is 57.1 Å². The van der Waals surface area contributed by atoms with Crippen LogP contribution in [0.2, 0.25) is 19.6 Å². The lowest BCUT2D eigenvalue weighted by Crippen LogP contribution is -2.22. The third-order valence-electron chi connectivity index (χ3n) is 3.94. The molecule has 1 aliphatic rings. The minimum absolute atomic E-state index is 0.492. The summed E-state index contributed by atoms with van der Waals surface area (Å²) < 4.78 is 0. The van der Waals surface area contributed by atoms with Crippen LogP contribution in [-0.2, 0) is 4.79 Å². The van der Waals surface area contributed by atoms with E-state index in [4.69, 9.17) is 0 Å². The van der Waals surface area contributed by atoms with Crippen LogP contribution in [0.25, 0.3) is 0 Å². The van der Waals surface area contributed by atoms with Crippen molar-refractivity contribution in [3.05, 3.63) is 11.3 Å². The Morgan fingerprint density at radius 1 is 1.26 bits per heavy atom. The zero-order chi connectivity index (χ0) is 14.3. The lowest BCUT2D eigenvalue weighted by molar-refractivity contribution is -0.121. The number of unbranched alkanes of at least 4 members (excludes halogenated alkanes) is 3. The fraction of sp³-hybridized carbons (Fsp3) is 0.824. The largest absolute Gasteiger partial charge is 0.300 e. The molecule has 0 aromatic carbocycles. The molecule has 110 valence electrons. The maximum atomic E-state index is 11.7. The molecule has 1 unspecified atom stereocenters. The maximum absolute atomic E-state index is 11.7. The standard InChI is InChI=1S/C17H32OSi/c1-5-6-7-8-10-16(14-19(2,3)4)15-11-9-12-17(18)13-15/h14-15H,5-13H2,1-4H3/b16-14-. The molecule has 1 saturated carbocycles. The van der Waals surface area contributed by atoms with Crippen molar-refractivity contribution in [1.29, 1.82) is 0 Å². The Balaban J connectivity index is 2.63. The van der Waals surface area contributed by atoms with Gasteiger partial charge < -0.3 is 0 Å². The Morgan fingerprint density at radius 2 is 2.00 bits per heavy atom. The lowest BCUT2D eigenvalue weighted by Gasteiger charge is -2.26. The number of Topliss-reactive ketones (excluding diaryl/α,β-unsaturated/α-hetero) is 1. The van der Waals surface area contributed by atoms with Gasteiger partial charge in [0.25, 0.3) is 0 Å². The van der Waals surface area contributed by atoms with Crippen molar-refractivity contribution in [2.75, 3.05) is 0 Å². The summed E-state index contributed by atoms with van der Waals surface area (Å²) in [5.74, 6) is 1.07. The molecule has 1 atom stereocenters. The second kappa shape index (κ2) is 8.03. The van der Waals surface area contributed by atoms with Crippen LogP contribution >= 0.6 is 0 Å². The molecular formula is C17H32OSi. The Labute approximate surface area is 120 Å². The van der Waals surface area contributed by atoms with Crippen LogP contribution in [0.3, 0.4) is 0 Å². The van der Waals surface area contributed by atoms with Gasteiger partial charge in [0.2, 0.25) is 0 Å². The van der Waals surface area contributed by atoms with Crippen molar-refractivity contribution in [2.45, 2.75) is 84.4 Å². The van der Waals surface area contributed by atoms with Gasteiger partial charge in [-0.05, 0) is 31.6 Å². The number of rotatable bonds is 7. The summed E-state index contributed by atoms with van der Waals surface area (Å²) in [6.07, 6.45) is 10.6. The molecule has 0 bridgehead atoms. The van der Waals surface area contributed by atoms with Crippen LogP contribution in [0.1, 0.15) is 64.7 Å². The molecule has 19 heavy (non-hydrogen) atoms. The van der Waals surface area contributed by atoms with Gasteiger partial charge in [-0.25, -0.2) is 0 Å². The third kappa shape index (κ3) is 7.10.